The average Bonchev–Trinajstić information content (AvgIpc) is 3.21. The standard InChI is InChI=1S/C21H24N4O2S3/c1-4-27-18-8-6-5-7-17(18)22-20-23-24-21(30-20)29-14-19(26)25(2)13-15-9-11-16(28-3)12-10-15/h5-12H,4,13-14H2,1-3H3,(H,22,23). The van der Waals surface area contributed by atoms with Gasteiger partial charge < -0.3 is 15.0 Å². The molecule has 2 aromatic carbocycles. The lowest BCUT2D eigenvalue weighted by Crippen LogP contribution is -2.27. The molecule has 0 unspecified atom stereocenters. The lowest BCUT2D eigenvalue weighted by Gasteiger charge is -2.16. The number of amides is 1. The molecule has 0 saturated carbocycles. The van der Waals surface area contributed by atoms with Crippen molar-refractivity contribution < 1.29 is 9.53 Å². The van der Waals surface area contributed by atoms with Crippen LogP contribution in [0.5, 0.6) is 5.75 Å². The highest BCUT2D eigenvalue weighted by Gasteiger charge is 2.13. The molecule has 1 N–H and O–H groups in total. The topological polar surface area (TPSA) is 67.3 Å². The summed E-state index contributed by atoms with van der Waals surface area (Å²) in [6, 6.07) is 16.0. The van der Waals surface area contributed by atoms with Crippen LogP contribution in [0.1, 0.15) is 12.5 Å². The summed E-state index contributed by atoms with van der Waals surface area (Å²) < 4.78 is 6.37. The van der Waals surface area contributed by atoms with Gasteiger partial charge in [-0.25, -0.2) is 0 Å². The van der Waals surface area contributed by atoms with Crippen molar-refractivity contribution in [2.75, 3.05) is 31.0 Å². The van der Waals surface area contributed by atoms with Crippen molar-refractivity contribution >= 4 is 51.6 Å². The van der Waals surface area contributed by atoms with Crippen molar-refractivity contribution in [1.29, 1.82) is 0 Å². The number of carbonyl (C=O) groups is 1. The van der Waals surface area contributed by atoms with Gasteiger partial charge >= 0.3 is 0 Å². The van der Waals surface area contributed by atoms with Gasteiger partial charge in [-0.1, -0.05) is 47.4 Å². The summed E-state index contributed by atoms with van der Waals surface area (Å²) in [6.07, 6.45) is 2.05. The molecular formula is C21H24N4O2S3. The lowest BCUT2D eigenvalue weighted by molar-refractivity contribution is -0.127. The highest BCUT2D eigenvalue weighted by atomic mass is 32.2. The molecule has 0 atom stereocenters. The van der Waals surface area contributed by atoms with Gasteiger partial charge in [0, 0.05) is 18.5 Å². The maximum atomic E-state index is 12.5. The number of nitrogens with one attached hydrogen (secondary N) is 1. The van der Waals surface area contributed by atoms with Crippen LogP contribution in [0.2, 0.25) is 0 Å². The van der Waals surface area contributed by atoms with E-state index in [1.54, 1.807) is 16.7 Å². The van der Waals surface area contributed by atoms with Crippen LogP contribution in [-0.2, 0) is 11.3 Å². The van der Waals surface area contributed by atoms with E-state index in [2.05, 4.69) is 39.8 Å². The number of hydrogen-bond donors (Lipinski definition) is 1. The largest absolute Gasteiger partial charge is 0.492 e. The third-order valence-corrected chi connectivity index (χ3v) is 6.86. The zero-order valence-electron chi connectivity index (χ0n) is 17.1. The SMILES string of the molecule is CCOc1ccccc1Nc1nnc(SCC(=O)N(C)Cc2ccc(SC)cc2)s1. The van der Waals surface area contributed by atoms with E-state index < -0.39 is 0 Å². The predicted octanol–water partition coefficient (Wildman–Crippen LogP) is 5.15. The van der Waals surface area contributed by atoms with Crippen LogP contribution >= 0.6 is 34.9 Å². The molecule has 0 spiro atoms. The first-order valence-corrected chi connectivity index (χ1v) is 12.4. The Morgan fingerprint density at radius 1 is 1.17 bits per heavy atom. The van der Waals surface area contributed by atoms with Crippen LogP contribution in [0.25, 0.3) is 0 Å². The van der Waals surface area contributed by atoms with Gasteiger partial charge in [0.15, 0.2) is 4.34 Å². The maximum Gasteiger partial charge on any atom is 0.233 e. The normalized spacial score (nSPS) is 10.6. The average molecular weight is 461 g/mol. The van der Waals surface area contributed by atoms with E-state index in [1.165, 1.54) is 28.0 Å². The fourth-order valence-electron chi connectivity index (χ4n) is 2.61. The van der Waals surface area contributed by atoms with Gasteiger partial charge in [0.05, 0.1) is 18.0 Å². The number of nitrogens with zero attached hydrogens (tertiary/aromatic N) is 3. The molecule has 0 radical (unpaired) electrons. The number of ether oxygens (including phenoxy) is 1. The van der Waals surface area contributed by atoms with Crippen molar-refractivity contribution in [3.8, 4) is 5.75 Å². The monoisotopic (exact) mass is 460 g/mol. The second-order valence-corrected chi connectivity index (χ2v) is 9.39. The fourth-order valence-corrected chi connectivity index (χ4v) is 4.72. The van der Waals surface area contributed by atoms with Gasteiger partial charge in [-0.15, -0.1) is 22.0 Å². The molecule has 30 heavy (non-hydrogen) atoms. The Morgan fingerprint density at radius 2 is 1.93 bits per heavy atom. The summed E-state index contributed by atoms with van der Waals surface area (Å²) in [5, 5.41) is 12.3. The molecule has 3 rings (SSSR count). The molecular weight excluding hydrogens is 436 g/mol. The zero-order chi connectivity index (χ0) is 21.3. The number of benzene rings is 2. The predicted molar refractivity (Wildman–Crippen MR) is 126 cm³/mol. The summed E-state index contributed by atoms with van der Waals surface area (Å²) in [4.78, 5) is 15.4. The Kier molecular flexibility index (Phi) is 8.41. The zero-order valence-corrected chi connectivity index (χ0v) is 19.6. The molecule has 0 fully saturated rings. The van der Waals surface area contributed by atoms with E-state index in [1.807, 2.05) is 44.5 Å². The number of para-hydroxylation sites is 2. The van der Waals surface area contributed by atoms with E-state index in [0.29, 0.717) is 24.0 Å². The Morgan fingerprint density at radius 3 is 2.67 bits per heavy atom. The van der Waals surface area contributed by atoms with Gasteiger partial charge in [0.2, 0.25) is 11.0 Å². The Labute approximate surface area is 189 Å². The van der Waals surface area contributed by atoms with E-state index >= 15 is 0 Å². The van der Waals surface area contributed by atoms with E-state index in [0.717, 1.165) is 21.3 Å². The van der Waals surface area contributed by atoms with Crippen molar-refractivity contribution in [2.24, 2.45) is 0 Å². The van der Waals surface area contributed by atoms with Gasteiger partial charge in [0.25, 0.3) is 0 Å². The molecule has 158 valence electrons. The van der Waals surface area contributed by atoms with Crippen LogP contribution < -0.4 is 10.1 Å². The van der Waals surface area contributed by atoms with Crippen molar-refractivity contribution in [1.82, 2.24) is 15.1 Å². The third-order valence-electron chi connectivity index (χ3n) is 4.16. The van der Waals surface area contributed by atoms with Crippen molar-refractivity contribution in [2.45, 2.75) is 22.7 Å². The van der Waals surface area contributed by atoms with E-state index in [-0.39, 0.29) is 5.91 Å². The number of aromatic nitrogens is 2. The summed E-state index contributed by atoms with van der Waals surface area (Å²) >= 11 is 4.52. The number of anilines is 2. The Balaban J connectivity index is 1.51. The molecule has 6 nitrogen and oxygen atoms in total. The smallest absolute Gasteiger partial charge is 0.233 e. The minimum Gasteiger partial charge on any atom is -0.492 e. The molecule has 0 aliphatic heterocycles. The summed E-state index contributed by atoms with van der Waals surface area (Å²) in [6.45, 7) is 3.13. The maximum absolute atomic E-state index is 12.5. The molecule has 1 amide bonds. The first-order chi connectivity index (χ1) is 14.6. The molecule has 9 heteroatoms. The van der Waals surface area contributed by atoms with Crippen LogP contribution in [-0.4, -0.2) is 46.7 Å². The highest BCUT2D eigenvalue weighted by molar-refractivity contribution is 8.01. The fraction of sp³-hybridized carbons (Fsp3) is 0.286. The molecule has 0 saturated heterocycles. The number of thioether (sulfide) groups is 2. The highest BCUT2D eigenvalue weighted by Crippen LogP contribution is 2.31. The quantitative estimate of drug-likeness (QED) is 0.420. The Bertz CT molecular complexity index is 963. The Hall–Kier alpha value is -2.23. The third kappa shape index (κ3) is 6.38. The first kappa shape index (κ1) is 22.5. The number of rotatable bonds is 10. The summed E-state index contributed by atoms with van der Waals surface area (Å²) in [5.41, 5.74) is 1.96. The second kappa shape index (κ2) is 11.2. The van der Waals surface area contributed by atoms with Crippen molar-refractivity contribution in [3.63, 3.8) is 0 Å². The summed E-state index contributed by atoms with van der Waals surface area (Å²) in [7, 11) is 1.82. The number of carbonyl (C=O) groups excluding carboxylic acids is 1. The van der Waals surface area contributed by atoms with E-state index in [4.69, 9.17) is 4.74 Å². The van der Waals surface area contributed by atoms with E-state index in [9.17, 15) is 4.79 Å². The van der Waals surface area contributed by atoms with Crippen LogP contribution in [0, 0.1) is 0 Å². The molecule has 0 bridgehead atoms. The van der Waals surface area contributed by atoms with Gasteiger partial charge in [0.1, 0.15) is 5.75 Å². The van der Waals surface area contributed by atoms with Crippen molar-refractivity contribution in [3.05, 3.63) is 54.1 Å². The molecule has 1 heterocycles. The second-order valence-electron chi connectivity index (χ2n) is 6.31. The summed E-state index contributed by atoms with van der Waals surface area (Å²) in [5.74, 6) is 1.15. The number of hydrogen-bond acceptors (Lipinski definition) is 8. The molecule has 0 aliphatic rings. The lowest BCUT2D eigenvalue weighted by atomic mass is 10.2. The first-order valence-electron chi connectivity index (χ1n) is 9.41. The van der Waals surface area contributed by atoms with Crippen LogP contribution in [0.4, 0.5) is 10.8 Å². The molecule has 3 aromatic rings. The minimum absolute atomic E-state index is 0.0559. The van der Waals surface area contributed by atoms with Gasteiger partial charge in [-0.2, -0.15) is 0 Å². The van der Waals surface area contributed by atoms with Gasteiger partial charge in [-0.3, -0.25) is 4.79 Å². The molecule has 0 aliphatic carbocycles. The van der Waals surface area contributed by atoms with Crippen LogP contribution in [0.3, 0.4) is 0 Å². The van der Waals surface area contributed by atoms with Gasteiger partial charge in [-0.05, 0) is 43.0 Å². The molecule has 1 aromatic heterocycles. The van der Waals surface area contributed by atoms with Crippen LogP contribution in [0.15, 0.2) is 57.8 Å². The minimum atomic E-state index is 0.0559.